The van der Waals surface area contributed by atoms with Crippen molar-refractivity contribution in [2.75, 3.05) is 0 Å². The Morgan fingerprint density at radius 1 is 1.13 bits per heavy atom. The molecule has 0 N–H and O–H groups in total. The highest BCUT2D eigenvalue weighted by atomic mass is 14.6. The van der Waals surface area contributed by atoms with Gasteiger partial charge in [-0.1, -0.05) is 119 Å². The summed E-state index contributed by atoms with van der Waals surface area (Å²) in [5, 5.41) is 0. The van der Waals surface area contributed by atoms with Crippen LogP contribution >= 0.6 is 0 Å². The maximum atomic E-state index is 2.54. The van der Waals surface area contributed by atoms with Crippen LogP contribution in [-0.4, -0.2) is 0 Å². The Balaban J connectivity index is 2.03. The maximum Gasteiger partial charge on any atom is 0.0487 e. The molecule has 0 heteroatoms. The van der Waals surface area contributed by atoms with Gasteiger partial charge in [0.15, 0.2) is 0 Å². The van der Waals surface area contributed by atoms with E-state index in [0.717, 1.165) is 12.8 Å². The van der Waals surface area contributed by atoms with E-state index in [9.17, 15) is 0 Å². The van der Waals surface area contributed by atoms with Gasteiger partial charge in [-0.3, -0.25) is 0 Å². The van der Waals surface area contributed by atoms with Gasteiger partial charge in [0.05, 0.1) is 0 Å². The Labute approximate surface area is 189 Å². The first kappa shape index (κ1) is 21.9. The first-order valence-corrected chi connectivity index (χ1v) is 12.3. The summed E-state index contributed by atoms with van der Waals surface area (Å²) in [4.78, 5) is 0. The van der Waals surface area contributed by atoms with Crippen LogP contribution in [0.25, 0.3) is 0 Å². The molecule has 0 fully saturated rings. The molecule has 0 nitrogen and oxygen atoms in total. The fourth-order valence-electron chi connectivity index (χ4n) is 5.87. The predicted molar refractivity (Wildman–Crippen MR) is 135 cm³/mol. The Morgan fingerprint density at radius 2 is 1.97 bits per heavy atom. The van der Waals surface area contributed by atoms with Gasteiger partial charge in [-0.15, -0.1) is 0 Å². The van der Waals surface area contributed by atoms with Crippen molar-refractivity contribution < 1.29 is 0 Å². The van der Waals surface area contributed by atoms with Crippen LogP contribution in [-0.2, 0) is 5.41 Å². The van der Waals surface area contributed by atoms with Crippen LogP contribution in [0.15, 0.2) is 96.2 Å². The average Bonchev–Trinajstić information content (AvgIpc) is 2.94. The number of fused-ring (bicyclic) bond motifs is 3. The molecule has 0 aromatic heterocycles. The minimum Gasteiger partial charge on any atom is -0.0879 e. The second-order valence-corrected chi connectivity index (χ2v) is 9.93. The van der Waals surface area contributed by atoms with Crippen LogP contribution in [0, 0.1) is 11.3 Å². The highest BCUT2D eigenvalue weighted by molar-refractivity contribution is 5.64. The van der Waals surface area contributed by atoms with Gasteiger partial charge in [0.25, 0.3) is 0 Å². The van der Waals surface area contributed by atoms with Gasteiger partial charge in [-0.2, -0.15) is 0 Å². The smallest absolute Gasteiger partial charge is 0.0487 e. The molecule has 0 heterocycles. The van der Waals surface area contributed by atoms with E-state index in [4.69, 9.17) is 0 Å². The van der Waals surface area contributed by atoms with Crippen molar-refractivity contribution in [1.82, 2.24) is 0 Å². The standard InChI is InChI=1S/C31H38/c1-5-7-14-24(15-8-6-2)31(25-16-13-22-30(3,4)23-21-25)28-19-11-9-17-26(28)27-18-10-12-20-29(27)31/h7,9-11,13-19,21-23,27,29H,5-6,8,12,20H2,1-4H3/b14-7-,24-15+. The summed E-state index contributed by atoms with van der Waals surface area (Å²) in [5.74, 6) is 1.06. The largest absolute Gasteiger partial charge is 0.0879 e. The third-order valence-corrected chi connectivity index (χ3v) is 7.31. The van der Waals surface area contributed by atoms with Crippen LogP contribution in [0.3, 0.4) is 0 Å². The fourth-order valence-corrected chi connectivity index (χ4v) is 5.87. The Hall–Kier alpha value is -2.34. The minimum absolute atomic E-state index is 0.0794. The molecule has 0 amide bonds. The summed E-state index contributed by atoms with van der Waals surface area (Å²) in [6, 6.07) is 9.27. The summed E-state index contributed by atoms with van der Waals surface area (Å²) >= 11 is 0. The Morgan fingerprint density at radius 3 is 2.77 bits per heavy atom. The summed E-state index contributed by atoms with van der Waals surface area (Å²) < 4.78 is 0. The van der Waals surface area contributed by atoms with Crippen LogP contribution in [0.4, 0.5) is 0 Å². The van der Waals surface area contributed by atoms with Gasteiger partial charge in [-0.05, 0) is 53.9 Å². The van der Waals surface area contributed by atoms with Crippen LogP contribution in [0.2, 0.25) is 0 Å². The zero-order chi connectivity index (χ0) is 21.9. The lowest BCUT2D eigenvalue weighted by atomic mass is 9.60. The molecule has 3 atom stereocenters. The summed E-state index contributed by atoms with van der Waals surface area (Å²) in [6.45, 7) is 9.12. The van der Waals surface area contributed by atoms with E-state index >= 15 is 0 Å². The molecular formula is C31H38. The molecule has 162 valence electrons. The fraction of sp³-hybridized carbons (Fsp3) is 0.419. The van der Waals surface area contributed by atoms with Gasteiger partial charge < -0.3 is 0 Å². The lowest BCUT2D eigenvalue weighted by Crippen LogP contribution is -2.37. The summed E-state index contributed by atoms with van der Waals surface area (Å²) in [5.41, 5.74) is 5.98. The number of hydrogen-bond donors (Lipinski definition) is 0. The molecule has 0 spiro atoms. The number of rotatable bonds is 6. The third-order valence-electron chi connectivity index (χ3n) is 7.31. The van der Waals surface area contributed by atoms with Crippen molar-refractivity contribution >= 4 is 0 Å². The Bertz CT molecular complexity index is 975. The zero-order valence-corrected chi connectivity index (χ0v) is 19.8. The van der Waals surface area contributed by atoms with E-state index < -0.39 is 0 Å². The highest BCUT2D eigenvalue weighted by Gasteiger charge is 2.54. The maximum absolute atomic E-state index is 2.54. The molecular weight excluding hydrogens is 372 g/mol. The molecule has 31 heavy (non-hydrogen) atoms. The molecule has 0 radical (unpaired) electrons. The molecule has 0 saturated heterocycles. The molecule has 0 saturated carbocycles. The van der Waals surface area contributed by atoms with Crippen LogP contribution in [0.5, 0.6) is 0 Å². The molecule has 1 aromatic rings. The van der Waals surface area contributed by atoms with E-state index in [1.807, 2.05) is 0 Å². The van der Waals surface area contributed by atoms with E-state index in [1.54, 1.807) is 0 Å². The van der Waals surface area contributed by atoms with Gasteiger partial charge in [-0.25, -0.2) is 0 Å². The number of unbranched alkanes of at least 4 members (excludes halogenated alkanes) is 1. The molecule has 3 unspecified atom stereocenters. The van der Waals surface area contributed by atoms with E-state index in [1.165, 1.54) is 41.5 Å². The SMILES string of the molecule is CC/C=C\C(=C/CCC)C1(C2=CC=CC(C)(C)C=C2)c2ccccc2C2C=CCCC21. The first-order valence-electron chi connectivity index (χ1n) is 12.3. The van der Waals surface area contributed by atoms with Crippen molar-refractivity contribution in [2.24, 2.45) is 11.3 Å². The molecule has 0 aliphatic heterocycles. The van der Waals surface area contributed by atoms with Gasteiger partial charge in [0.1, 0.15) is 0 Å². The van der Waals surface area contributed by atoms with Crippen molar-refractivity contribution in [3.8, 4) is 0 Å². The molecule has 3 aliphatic rings. The quantitative estimate of drug-likeness (QED) is 0.325. The number of hydrogen-bond acceptors (Lipinski definition) is 0. The Kier molecular flexibility index (Phi) is 6.37. The molecule has 0 bridgehead atoms. The molecule has 4 rings (SSSR count). The normalized spacial score (nSPS) is 29.0. The monoisotopic (exact) mass is 410 g/mol. The first-order chi connectivity index (χ1) is 15.0. The van der Waals surface area contributed by atoms with Gasteiger partial charge in [0, 0.05) is 16.7 Å². The van der Waals surface area contributed by atoms with Crippen molar-refractivity contribution in [1.29, 1.82) is 0 Å². The van der Waals surface area contributed by atoms with Gasteiger partial charge in [0.2, 0.25) is 0 Å². The van der Waals surface area contributed by atoms with Crippen LogP contribution < -0.4 is 0 Å². The summed E-state index contributed by atoms with van der Waals surface area (Å²) in [6.07, 6.45) is 29.9. The van der Waals surface area contributed by atoms with E-state index in [2.05, 4.69) is 113 Å². The lowest BCUT2D eigenvalue weighted by molar-refractivity contribution is 0.343. The number of allylic oxidation sites excluding steroid dienone is 12. The van der Waals surface area contributed by atoms with Crippen molar-refractivity contribution in [3.05, 3.63) is 107 Å². The van der Waals surface area contributed by atoms with E-state index in [-0.39, 0.29) is 10.8 Å². The lowest BCUT2D eigenvalue weighted by Gasteiger charge is -2.42. The minimum atomic E-state index is -0.0892. The highest BCUT2D eigenvalue weighted by Crippen LogP contribution is 2.61. The van der Waals surface area contributed by atoms with E-state index in [0.29, 0.717) is 11.8 Å². The average molecular weight is 411 g/mol. The summed E-state index contributed by atoms with van der Waals surface area (Å²) in [7, 11) is 0. The van der Waals surface area contributed by atoms with Crippen molar-refractivity contribution in [3.63, 3.8) is 0 Å². The number of benzene rings is 1. The second-order valence-electron chi connectivity index (χ2n) is 9.93. The third kappa shape index (κ3) is 3.86. The van der Waals surface area contributed by atoms with Crippen LogP contribution in [0.1, 0.15) is 76.8 Å². The topological polar surface area (TPSA) is 0 Å². The molecule has 1 aromatic carbocycles. The van der Waals surface area contributed by atoms with Crippen molar-refractivity contribution in [2.45, 2.75) is 71.1 Å². The second kappa shape index (κ2) is 9.03. The zero-order valence-electron chi connectivity index (χ0n) is 19.8. The molecule has 3 aliphatic carbocycles. The van der Waals surface area contributed by atoms with Gasteiger partial charge >= 0.3 is 0 Å². The predicted octanol–water partition coefficient (Wildman–Crippen LogP) is 8.76.